The zero-order valence-electron chi connectivity index (χ0n) is 7.58. The van der Waals surface area contributed by atoms with Gasteiger partial charge in [-0.1, -0.05) is 12.1 Å². The molecule has 13 heavy (non-hydrogen) atoms. The number of ether oxygens (including phenoxy) is 1. The van der Waals surface area contributed by atoms with Gasteiger partial charge in [0.2, 0.25) is 0 Å². The molecule has 2 nitrogen and oxygen atoms in total. The molecule has 0 aliphatic carbocycles. The summed E-state index contributed by atoms with van der Waals surface area (Å²) >= 11 is 0. The molecule has 0 saturated carbocycles. The van der Waals surface area contributed by atoms with Gasteiger partial charge >= 0.3 is 5.97 Å². The van der Waals surface area contributed by atoms with E-state index in [0.717, 1.165) is 0 Å². The molecule has 1 atom stereocenters. The van der Waals surface area contributed by atoms with Gasteiger partial charge in [-0.25, -0.2) is 4.39 Å². The number of hydrogen-bond acceptors (Lipinski definition) is 2. The lowest BCUT2D eigenvalue weighted by atomic mass is 10.0. The second kappa shape index (κ2) is 4.03. The fourth-order valence-electron chi connectivity index (χ4n) is 1.09. The maximum atomic E-state index is 12.7. The van der Waals surface area contributed by atoms with Crippen molar-refractivity contribution in [1.82, 2.24) is 0 Å². The predicted octanol–water partition coefficient (Wildman–Crippen LogP) is 2.10. The van der Waals surface area contributed by atoms with Crippen molar-refractivity contribution in [2.24, 2.45) is 0 Å². The van der Waals surface area contributed by atoms with Crippen LogP contribution < -0.4 is 0 Å². The number of esters is 1. The fraction of sp³-hybridized carbons (Fsp3) is 0.300. The first-order valence-corrected chi connectivity index (χ1v) is 3.98. The van der Waals surface area contributed by atoms with E-state index in [0.29, 0.717) is 5.56 Å². The first kappa shape index (κ1) is 9.71. The summed E-state index contributed by atoms with van der Waals surface area (Å²) in [7, 11) is 1.32. The minimum absolute atomic E-state index is 0.340. The number of methoxy groups -OCH3 is 1. The Morgan fingerprint density at radius 3 is 2.77 bits per heavy atom. The molecule has 0 spiro atoms. The van der Waals surface area contributed by atoms with Crippen LogP contribution in [0.2, 0.25) is 0 Å². The van der Waals surface area contributed by atoms with E-state index in [2.05, 4.69) is 4.74 Å². The Kier molecular flexibility index (Phi) is 3.01. The molecule has 0 radical (unpaired) electrons. The topological polar surface area (TPSA) is 26.3 Å². The minimum atomic E-state index is -0.416. The van der Waals surface area contributed by atoms with Gasteiger partial charge in [0.05, 0.1) is 13.0 Å². The van der Waals surface area contributed by atoms with Gasteiger partial charge in [-0.05, 0) is 24.6 Å². The van der Waals surface area contributed by atoms with Gasteiger partial charge < -0.3 is 4.74 Å². The van der Waals surface area contributed by atoms with Crippen molar-refractivity contribution in [2.45, 2.75) is 12.8 Å². The molecule has 1 rings (SSSR count). The summed E-state index contributed by atoms with van der Waals surface area (Å²) in [5.74, 6) is -1.11. The van der Waals surface area contributed by atoms with E-state index in [1.807, 2.05) is 0 Å². The summed E-state index contributed by atoms with van der Waals surface area (Å²) in [4.78, 5) is 11.1. The number of halogens is 1. The quantitative estimate of drug-likeness (QED) is 0.655. The van der Waals surface area contributed by atoms with E-state index in [1.165, 1.54) is 19.2 Å². The van der Waals surface area contributed by atoms with Crippen LogP contribution in [0.15, 0.2) is 24.3 Å². The van der Waals surface area contributed by atoms with Crippen LogP contribution in [0.5, 0.6) is 0 Å². The van der Waals surface area contributed by atoms with Crippen LogP contribution in [0.1, 0.15) is 18.4 Å². The third-order valence-corrected chi connectivity index (χ3v) is 1.90. The Bertz CT molecular complexity index is 310. The molecule has 0 N–H and O–H groups in total. The van der Waals surface area contributed by atoms with E-state index in [9.17, 15) is 9.18 Å². The van der Waals surface area contributed by atoms with Crippen molar-refractivity contribution in [3.63, 3.8) is 0 Å². The molecular formula is C10H11FO2. The highest BCUT2D eigenvalue weighted by Crippen LogP contribution is 2.16. The molecule has 0 fully saturated rings. The zero-order chi connectivity index (χ0) is 9.84. The molecule has 0 bridgehead atoms. The summed E-state index contributed by atoms with van der Waals surface area (Å²) in [6, 6.07) is 5.95. The van der Waals surface area contributed by atoms with Crippen LogP contribution in [-0.4, -0.2) is 13.1 Å². The molecule has 0 aliphatic heterocycles. The highest BCUT2D eigenvalue weighted by molar-refractivity contribution is 5.77. The first-order chi connectivity index (χ1) is 6.15. The first-order valence-electron chi connectivity index (χ1n) is 3.98. The Morgan fingerprint density at radius 2 is 2.23 bits per heavy atom. The Morgan fingerprint density at radius 1 is 1.54 bits per heavy atom. The Hall–Kier alpha value is -1.38. The number of carbonyl (C=O) groups excluding carboxylic acids is 1. The summed E-state index contributed by atoms with van der Waals surface area (Å²) in [6.45, 7) is 1.68. The molecule has 0 amide bonds. The summed E-state index contributed by atoms with van der Waals surface area (Å²) < 4.78 is 17.3. The maximum absolute atomic E-state index is 12.7. The minimum Gasteiger partial charge on any atom is -0.469 e. The van der Waals surface area contributed by atoms with E-state index in [4.69, 9.17) is 0 Å². The standard InChI is InChI=1S/C10H11FO2/c1-7(10(12)13-2)8-4-3-5-9(11)6-8/h3-7H,1-2H3/t7-/m1/s1. The lowest BCUT2D eigenvalue weighted by Gasteiger charge is -2.08. The third-order valence-electron chi connectivity index (χ3n) is 1.90. The van der Waals surface area contributed by atoms with Crippen molar-refractivity contribution >= 4 is 5.97 Å². The van der Waals surface area contributed by atoms with E-state index < -0.39 is 5.92 Å². The van der Waals surface area contributed by atoms with Crippen LogP contribution in [0, 0.1) is 5.82 Å². The van der Waals surface area contributed by atoms with E-state index in [-0.39, 0.29) is 11.8 Å². The molecule has 0 heterocycles. The van der Waals surface area contributed by atoms with Crippen LogP contribution in [0.4, 0.5) is 4.39 Å². The van der Waals surface area contributed by atoms with Gasteiger partial charge in [-0.3, -0.25) is 4.79 Å². The van der Waals surface area contributed by atoms with Gasteiger partial charge in [0, 0.05) is 0 Å². The van der Waals surface area contributed by atoms with E-state index >= 15 is 0 Å². The smallest absolute Gasteiger partial charge is 0.312 e. The Balaban J connectivity index is 2.88. The highest BCUT2D eigenvalue weighted by Gasteiger charge is 2.15. The van der Waals surface area contributed by atoms with Crippen molar-refractivity contribution < 1.29 is 13.9 Å². The summed E-state index contributed by atoms with van der Waals surface area (Å²) in [6.07, 6.45) is 0. The van der Waals surface area contributed by atoms with Crippen molar-refractivity contribution in [3.05, 3.63) is 35.6 Å². The third kappa shape index (κ3) is 2.28. The summed E-state index contributed by atoms with van der Waals surface area (Å²) in [5, 5.41) is 0. The lowest BCUT2D eigenvalue weighted by molar-refractivity contribution is -0.141. The van der Waals surface area contributed by atoms with Crippen LogP contribution in [0.3, 0.4) is 0 Å². The average Bonchev–Trinajstić information content (AvgIpc) is 2.15. The second-order valence-corrected chi connectivity index (χ2v) is 2.80. The van der Waals surface area contributed by atoms with Crippen LogP contribution in [0.25, 0.3) is 0 Å². The number of hydrogen-bond donors (Lipinski definition) is 0. The summed E-state index contributed by atoms with van der Waals surface area (Å²) in [5.41, 5.74) is 0.631. The average molecular weight is 182 g/mol. The molecule has 3 heteroatoms. The molecule has 0 saturated heterocycles. The predicted molar refractivity (Wildman–Crippen MR) is 46.8 cm³/mol. The molecule has 1 aromatic rings. The van der Waals surface area contributed by atoms with Gasteiger partial charge in [0.25, 0.3) is 0 Å². The Labute approximate surface area is 76.3 Å². The SMILES string of the molecule is COC(=O)[C@H](C)c1cccc(F)c1. The van der Waals surface area contributed by atoms with Gasteiger partial charge in [0.1, 0.15) is 5.82 Å². The maximum Gasteiger partial charge on any atom is 0.312 e. The van der Waals surface area contributed by atoms with E-state index in [1.54, 1.807) is 19.1 Å². The van der Waals surface area contributed by atoms with Crippen molar-refractivity contribution in [1.29, 1.82) is 0 Å². The zero-order valence-corrected chi connectivity index (χ0v) is 7.58. The van der Waals surface area contributed by atoms with Gasteiger partial charge in [-0.2, -0.15) is 0 Å². The molecular weight excluding hydrogens is 171 g/mol. The highest BCUT2D eigenvalue weighted by atomic mass is 19.1. The normalized spacial score (nSPS) is 12.2. The fourth-order valence-corrected chi connectivity index (χ4v) is 1.09. The van der Waals surface area contributed by atoms with Gasteiger partial charge in [-0.15, -0.1) is 0 Å². The molecule has 0 aromatic heterocycles. The van der Waals surface area contributed by atoms with Crippen LogP contribution in [-0.2, 0) is 9.53 Å². The second-order valence-electron chi connectivity index (χ2n) is 2.80. The van der Waals surface area contributed by atoms with Crippen LogP contribution >= 0.6 is 0 Å². The molecule has 0 unspecified atom stereocenters. The van der Waals surface area contributed by atoms with Crippen molar-refractivity contribution in [3.8, 4) is 0 Å². The lowest BCUT2D eigenvalue weighted by Crippen LogP contribution is -2.10. The number of rotatable bonds is 2. The molecule has 1 aromatic carbocycles. The number of benzene rings is 1. The number of carbonyl (C=O) groups is 1. The monoisotopic (exact) mass is 182 g/mol. The largest absolute Gasteiger partial charge is 0.469 e. The van der Waals surface area contributed by atoms with Crippen molar-refractivity contribution in [2.75, 3.05) is 7.11 Å². The van der Waals surface area contributed by atoms with Gasteiger partial charge in [0.15, 0.2) is 0 Å². The molecule has 0 aliphatic rings. The molecule has 70 valence electrons.